The number of hydrogen-bond acceptors (Lipinski definition) is 2. The maximum absolute atomic E-state index is 5.84. The van der Waals surface area contributed by atoms with Crippen molar-refractivity contribution in [1.29, 1.82) is 0 Å². The van der Waals surface area contributed by atoms with Crippen LogP contribution in [0.3, 0.4) is 0 Å². The zero-order chi connectivity index (χ0) is 24.7. The van der Waals surface area contributed by atoms with Gasteiger partial charge < -0.3 is 0 Å². The van der Waals surface area contributed by atoms with Crippen LogP contribution >= 0.6 is 23.2 Å². The molecule has 0 fully saturated rings. The second-order valence-electron chi connectivity index (χ2n) is 7.94. The van der Waals surface area contributed by atoms with Crippen LogP contribution in [0.25, 0.3) is 21.9 Å². The van der Waals surface area contributed by atoms with Gasteiger partial charge in [-0.05, 0) is 72.8 Å². The minimum atomic E-state index is 0. The first-order valence-corrected chi connectivity index (χ1v) is 12.1. The monoisotopic (exact) mass is 571 g/mol. The van der Waals surface area contributed by atoms with Gasteiger partial charge in [-0.15, -0.1) is 0 Å². The molecule has 4 aromatic carbocycles. The Balaban J connectivity index is 0.000000168. The van der Waals surface area contributed by atoms with Crippen molar-refractivity contribution >= 4 is 68.3 Å². The molecule has 185 valence electrons. The molecule has 37 heavy (non-hydrogen) atoms. The number of anilines is 4. The van der Waals surface area contributed by atoms with E-state index >= 15 is 0 Å². The molecule has 0 spiro atoms. The number of benzene rings is 4. The average Bonchev–Trinajstić information content (AvgIpc) is 2.92. The van der Waals surface area contributed by atoms with Crippen molar-refractivity contribution in [2.45, 2.75) is 0 Å². The van der Waals surface area contributed by atoms with Gasteiger partial charge in [-0.2, -0.15) is 8.83 Å². The summed E-state index contributed by atoms with van der Waals surface area (Å²) in [5.41, 5.74) is 3.60. The fourth-order valence-corrected chi connectivity index (χ4v) is 3.80. The summed E-state index contributed by atoms with van der Waals surface area (Å²) >= 11 is 11.7. The second-order valence-corrected chi connectivity index (χ2v) is 8.81. The molecule has 0 saturated carbocycles. The summed E-state index contributed by atoms with van der Waals surface area (Å²) in [7, 11) is 0. The van der Waals surface area contributed by atoms with E-state index in [-0.39, 0.29) is 16.8 Å². The van der Waals surface area contributed by atoms with Gasteiger partial charge in [0, 0.05) is 50.3 Å². The number of hydrogen-bond donors (Lipinski definition) is 2. The Morgan fingerprint density at radius 3 is 1.22 bits per heavy atom. The summed E-state index contributed by atoms with van der Waals surface area (Å²) in [4.78, 5) is 0. The maximum atomic E-state index is 5.84. The van der Waals surface area contributed by atoms with E-state index in [9.17, 15) is 0 Å². The van der Waals surface area contributed by atoms with Crippen molar-refractivity contribution in [1.82, 2.24) is 0 Å². The average molecular weight is 572 g/mol. The molecule has 0 bridgehead atoms. The molecule has 7 heteroatoms. The van der Waals surface area contributed by atoms with Gasteiger partial charge in [0.1, 0.15) is 0 Å². The van der Waals surface area contributed by atoms with Crippen molar-refractivity contribution < 1.29 is 25.6 Å². The van der Waals surface area contributed by atoms with Gasteiger partial charge in [0.15, 0.2) is 0 Å². The number of fused-ring (bicyclic) bond motifs is 2. The van der Waals surface area contributed by atoms with E-state index in [0.717, 1.165) is 43.4 Å². The molecule has 0 saturated heterocycles. The summed E-state index contributed by atoms with van der Waals surface area (Å²) in [6.45, 7) is 0. The van der Waals surface area contributed by atoms with Crippen LogP contribution in [0.15, 0.2) is 130 Å². The fourth-order valence-electron chi connectivity index (χ4n) is 3.54. The number of halogens is 2. The van der Waals surface area contributed by atoms with Crippen LogP contribution in [0.1, 0.15) is 0 Å². The van der Waals surface area contributed by atoms with Crippen LogP contribution in [-0.4, -0.2) is 0 Å². The molecule has 0 atom stereocenters. The minimum absolute atomic E-state index is 0. The van der Waals surface area contributed by atoms with Gasteiger partial charge in [-0.25, -0.2) is 0 Å². The normalized spacial score (nSPS) is 10.2. The molecule has 0 aliphatic heterocycles. The Kier molecular flexibility index (Phi) is 8.98. The quantitative estimate of drug-likeness (QED) is 0.207. The molecule has 6 aromatic rings. The zero-order valence-electron chi connectivity index (χ0n) is 19.5. The van der Waals surface area contributed by atoms with Gasteiger partial charge >= 0.3 is 22.9 Å². The van der Waals surface area contributed by atoms with E-state index in [0.29, 0.717) is 11.8 Å². The first-order chi connectivity index (χ1) is 17.6. The van der Waals surface area contributed by atoms with Crippen LogP contribution in [0.4, 0.5) is 23.1 Å². The third kappa shape index (κ3) is 7.21. The van der Waals surface area contributed by atoms with Crippen molar-refractivity contribution in [2.24, 2.45) is 0 Å². The Bertz CT molecular complexity index is 1490. The summed E-state index contributed by atoms with van der Waals surface area (Å²) in [6, 6.07) is 38.7. The molecule has 2 N–H and O–H groups in total. The Labute approximate surface area is 235 Å². The molecule has 2 heterocycles. The maximum Gasteiger partial charge on any atom is 0.431 e. The largest absolute Gasteiger partial charge is 0.431 e. The molecule has 6 rings (SSSR count). The van der Waals surface area contributed by atoms with Crippen LogP contribution in [0, 0.1) is 0 Å². The Hall–Kier alpha value is -3.61. The fraction of sp³-hybridized carbons (Fsp3) is 0. The molecule has 0 aliphatic rings. The van der Waals surface area contributed by atoms with Crippen molar-refractivity contribution in [2.75, 3.05) is 10.6 Å². The molecule has 0 amide bonds. The molecule has 2 aromatic heterocycles. The molecule has 4 nitrogen and oxygen atoms in total. The molecular formula is C30H22Cl2CoN2O2+2. The van der Waals surface area contributed by atoms with Crippen molar-refractivity contribution in [3.05, 3.63) is 131 Å². The first-order valence-electron chi connectivity index (χ1n) is 11.3. The minimum Gasteiger partial charge on any atom is -0.276 e. The summed E-state index contributed by atoms with van der Waals surface area (Å²) < 4.78 is 11.5. The number of para-hydroxylation sites is 2. The van der Waals surface area contributed by atoms with Gasteiger partial charge in [-0.3, -0.25) is 10.6 Å². The predicted molar refractivity (Wildman–Crippen MR) is 151 cm³/mol. The predicted octanol–water partition coefficient (Wildman–Crippen LogP) is 10.2. The number of nitrogens with one attached hydrogen (secondary N) is 2. The van der Waals surface area contributed by atoms with E-state index in [1.807, 2.05) is 121 Å². The van der Waals surface area contributed by atoms with E-state index < -0.39 is 0 Å². The third-order valence-corrected chi connectivity index (χ3v) is 5.83. The second kappa shape index (κ2) is 12.6. The van der Waals surface area contributed by atoms with Crippen LogP contribution < -0.4 is 10.6 Å². The summed E-state index contributed by atoms with van der Waals surface area (Å²) in [5.74, 6) is 1.41. The summed E-state index contributed by atoms with van der Waals surface area (Å²) in [5, 5.41) is 10.00. The third-order valence-electron chi connectivity index (χ3n) is 5.33. The van der Waals surface area contributed by atoms with Crippen molar-refractivity contribution in [3.8, 4) is 0 Å². The van der Waals surface area contributed by atoms with Crippen LogP contribution in [-0.2, 0) is 16.8 Å². The van der Waals surface area contributed by atoms with E-state index in [1.54, 1.807) is 0 Å². The molecule has 0 unspecified atom stereocenters. The van der Waals surface area contributed by atoms with Crippen LogP contribution in [0.5, 0.6) is 0 Å². The van der Waals surface area contributed by atoms with Gasteiger partial charge in [0.2, 0.25) is 0 Å². The van der Waals surface area contributed by atoms with Gasteiger partial charge in [0.05, 0.1) is 22.9 Å². The molecule has 1 radical (unpaired) electrons. The summed E-state index contributed by atoms with van der Waals surface area (Å²) in [6.07, 6.45) is 0. The Morgan fingerprint density at radius 1 is 0.432 bits per heavy atom. The molecule has 0 aliphatic carbocycles. The van der Waals surface area contributed by atoms with Gasteiger partial charge in [-0.1, -0.05) is 47.5 Å². The zero-order valence-corrected chi connectivity index (χ0v) is 22.0. The smallest absolute Gasteiger partial charge is 0.276 e. The SMILES string of the molecule is Clc1ccc(Nc2ccc3ccccc3[o+]2)cc1.Clc1ccc(Nc2ccc3ccccc3[o+]2)cc1.[Co]. The standard InChI is InChI=1S/2C15H11ClNO.Co/c2*16-12-6-8-13(9-7-12)17-15-10-5-11-3-1-2-4-14(11)18-15;/h2*1-10,17H;/q2*+1;. The van der Waals surface area contributed by atoms with E-state index in [4.69, 9.17) is 32.0 Å². The molecular weight excluding hydrogens is 550 g/mol. The Morgan fingerprint density at radius 2 is 0.811 bits per heavy atom. The number of rotatable bonds is 4. The van der Waals surface area contributed by atoms with Gasteiger partial charge in [0.25, 0.3) is 0 Å². The first kappa shape index (κ1) is 26.4. The van der Waals surface area contributed by atoms with Crippen LogP contribution in [0.2, 0.25) is 10.0 Å². The topological polar surface area (TPSA) is 46.7 Å². The van der Waals surface area contributed by atoms with E-state index in [2.05, 4.69) is 10.6 Å². The van der Waals surface area contributed by atoms with E-state index in [1.165, 1.54) is 0 Å². The van der Waals surface area contributed by atoms with Crippen molar-refractivity contribution in [3.63, 3.8) is 0 Å².